The van der Waals surface area contributed by atoms with Crippen LogP contribution in [0.4, 0.5) is 0 Å². The van der Waals surface area contributed by atoms with E-state index in [1.165, 1.54) is 24.8 Å². The van der Waals surface area contributed by atoms with Gasteiger partial charge < -0.3 is 10.1 Å². The number of unbranched alkanes of at least 4 members (excludes halogenated alkanes) is 1. The molecule has 0 aliphatic heterocycles. The van der Waals surface area contributed by atoms with Gasteiger partial charge in [-0.25, -0.2) is 0 Å². The Morgan fingerprint density at radius 1 is 1.26 bits per heavy atom. The maximum atomic E-state index is 5.53. The molecule has 0 heterocycles. The van der Waals surface area contributed by atoms with Crippen LogP contribution < -0.4 is 5.32 Å². The van der Waals surface area contributed by atoms with Crippen LogP contribution in [0.15, 0.2) is 43.0 Å². The number of ether oxygens (including phenoxy) is 1. The summed E-state index contributed by atoms with van der Waals surface area (Å²) >= 11 is 0. The fraction of sp³-hybridized carbons (Fsp3) is 0.529. The molecule has 1 atom stereocenters. The topological polar surface area (TPSA) is 21.3 Å². The van der Waals surface area contributed by atoms with E-state index in [2.05, 4.69) is 49.2 Å². The van der Waals surface area contributed by atoms with E-state index in [1.54, 1.807) is 0 Å². The molecule has 1 rings (SSSR count). The van der Waals surface area contributed by atoms with E-state index in [0.29, 0.717) is 6.04 Å². The molecule has 0 radical (unpaired) electrons. The maximum Gasteiger partial charge on any atom is 0.0591 e. The number of benzene rings is 1. The van der Waals surface area contributed by atoms with Crippen molar-refractivity contribution in [3.05, 3.63) is 48.6 Å². The van der Waals surface area contributed by atoms with Crippen molar-refractivity contribution in [1.82, 2.24) is 5.32 Å². The summed E-state index contributed by atoms with van der Waals surface area (Å²) in [6.07, 6.45) is 6.50. The molecule has 0 aliphatic rings. The maximum absolute atomic E-state index is 5.53. The van der Waals surface area contributed by atoms with Crippen LogP contribution in [-0.4, -0.2) is 19.8 Å². The lowest BCUT2D eigenvalue weighted by molar-refractivity contribution is 0.138. The van der Waals surface area contributed by atoms with Crippen LogP contribution in [0.5, 0.6) is 0 Å². The molecule has 1 aromatic carbocycles. The largest absolute Gasteiger partial charge is 0.380 e. The molecule has 0 fully saturated rings. The molecule has 0 aliphatic carbocycles. The van der Waals surface area contributed by atoms with Crippen LogP contribution in [-0.2, 0) is 4.74 Å². The van der Waals surface area contributed by atoms with Crippen LogP contribution in [0.3, 0.4) is 0 Å². The average Bonchev–Trinajstić information content (AvgIpc) is 2.46. The fourth-order valence-corrected chi connectivity index (χ4v) is 2.05. The monoisotopic (exact) mass is 261 g/mol. The average molecular weight is 261 g/mol. The fourth-order valence-electron chi connectivity index (χ4n) is 2.05. The highest BCUT2D eigenvalue weighted by Gasteiger charge is 2.09. The number of hydrogen-bond donors (Lipinski definition) is 1. The van der Waals surface area contributed by atoms with Crippen molar-refractivity contribution in [2.75, 3.05) is 19.8 Å². The second-order valence-corrected chi connectivity index (χ2v) is 4.75. The minimum absolute atomic E-state index is 0.448. The molecule has 1 N–H and O–H groups in total. The number of hydrogen-bond acceptors (Lipinski definition) is 2. The zero-order valence-corrected chi connectivity index (χ0v) is 12.1. The first-order chi connectivity index (χ1) is 9.38. The highest BCUT2D eigenvalue weighted by atomic mass is 16.5. The van der Waals surface area contributed by atoms with Crippen molar-refractivity contribution in [2.24, 2.45) is 0 Å². The summed E-state index contributed by atoms with van der Waals surface area (Å²) in [5.41, 5.74) is 1.38. The summed E-state index contributed by atoms with van der Waals surface area (Å²) in [6.45, 7) is 8.37. The van der Waals surface area contributed by atoms with Gasteiger partial charge in [0.1, 0.15) is 0 Å². The summed E-state index contributed by atoms with van der Waals surface area (Å²) in [5.74, 6) is 0. The van der Waals surface area contributed by atoms with E-state index in [1.807, 2.05) is 6.08 Å². The lowest BCUT2D eigenvalue weighted by atomic mass is 10.0. The molecular formula is C17H27NO. The Bertz CT molecular complexity index is 323. The predicted octanol–water partition coefficient (Wildman–Crippen LogP) is 4.10. The van der Waals surface area contributed by atoms with Gasteiger partial charge in [0.25, 0.3) is 0 Å². The summed E-state index contributed by atoms with van der Waals surface area (Å²) in [5, 5.41) is 3.60. The highest BCUT2D eigenvalue weighted by molar-refractivity contribution is 5.18. The van der Waals surface area contributed by atoms with Crippen molar-refractivity contribution >= 4 is 0 Å². The molecule has 19 heavy (non-hydrogen) atoms. The van der Waals surface area contributed by atoms with Crippen molar-refractivity contribution in [3.8, 4) is 0 Å². The van der Waals surface area contributed by atoms with Crippen LogP contribution in [0, 0.1) is 0 Å². The lowest BCUT2D eigenvalue weighted by Gasteiger charge is -2.19. The van der Waals surface area contributed by atoms with E-state index in [-0.39, 0.29) is 0 Å². The van der Waals surface area contributed by atoms with Gasteiger partial charge in [0, 0.05) is 12.6 Å². The van der Waals surface area contributed by atoms with Gasteiger partial charge >= 0.3 is 0 Å². The van der Waals surface area contributed by atoms with Gasteiger partial charge in [-0.3, -0.25) is 0 Å². The molecule has 2 nitrogen and oxygen atoms in total. The second-order valence-electron chi connectivity index (χ2n) is 4.75. The smallest absolute Gasteiger partial charge is 0.0591 e. The zero-order chi connectivity index (χ0) is 13.8. The Balaban J connectivity index is 2.31. The zero-order valence-electron chi connectivity index (χ0n) is 12.1. The summed E-state index contributed by atoms with van der Waals surface area (Å²) < 4.78 is 5.53. The van der Waals surface area contributed by atoms with Crippen LogP contribution >= 0.6 is 0 Å². The number of nitrogens with one attached hydrogen (secondary N) is 1. The van der Waals surface area contributed by atoms with Gasteiger partial charge in [-0.15, -0.1) is 6.58 Å². The Morgan fingerprint density at radius 2 is 2.05 bits per heavy atom. The Hall–Kier alpha value is -1.12. The molecule has 0 spiro atoms. The molecule has 2 heteroatoms. The summed E-state index contributed by atoms with van der Waals surface area (Å²) in [4.78, 5) is 0. The molecule has 0 saturated carbocycles. The normalized spacial score (nSPS) is 12.3. The molecular weight excluding hydrogens is 234 g/mol. The molecule has 0 saturated heterocycles. The van der Waals surface area contributed by atoms with E-state index >= 15 is 0 Å². The molecule has 0 amide bonds. The predicted molar refractivity (Wildman–Crippen MR) is 82.3 cm³/mol. The third-order valence-corrected chi connectivity index (χ3v) is 3.15. The molecule has 0 aromatic heterocycles. The van der Waals surface area contributed by atoms with Crippen molar-refractivity contribution < 1.29 is 4.74 Å². The van der Waals surface area contributed by atoms with Gasteiger partial charge in [0.15, 0.2) is 0 Å². The minimum Gasteiger partial charge on any atom is -0.380 e. The highest BCUT2D eigenvalue weighted by Crippen LogP contribution is 2.18. The third-order valence-electron chi connectivity index (χ3n) is 3.15. The van der Waals surface area contributed by atoms with Crippen LogP contribution in [0.2, 0.25) is 0 Å². The lowest BCUT2D eigenvalue weighted by Crippen LogP contribution is -2.25. The van der Waals surface area contributed by atoms with E-state index < -0.39 is 0 Å². The van der Waals surface area contributed by atoms with Gasteiger partial charge in [-0.1, -0.05) is 56.2 Å². The van der Waals surface area contributed by atoms with Gasteiger partial charge in [0.2, 0.25) is 0 Å². The standard InChI is InChI=1S/C17H27NO/c1-3-5-12-17(16-10-8-7-9-11-16)18-13-15-19-14-6-4-2/h4,7-11,17-18H,2-3,5-6,12-15H2,1H3. The van der Waals surface area contributed by atoms with E-state index in [4.69, 9.17) is 4.74 Å². The van der Waals surface area contributed by atoms with Crippen LogP contribution in [0.25, 0.3) is 0 Å². The number of rotatable bonds is 11. The first-order valence-electron chi connectivity index (χ1n) is 7.35. The molecule has 0 bridgehead atoms. The van der Waals surface area contributed by atoms with Crippen molar-refractivity contribution in [2.45, 2.75) is 38.6 Å². The first kappa shape index (κ1) is 15.9. The first-order valence-corrected chi connectivity index (χ1v) is 7.35. The van der Waals surface area contributed by atoms with Gasteiger partial charge in [0.05, 0.1) is 13.2 Å². The van der Waals surface area contributed by atoms with Gasteiger partial charge in [-0.2, -0.15) is 0 Å². The Kier molecular flexibility index (Phi) is 9.03. The quantitative estimate of drug-likeness (QED) is 0.478. The van der Waals surface area contributed by atoms with Crippen molar-refractivity contribution in [3.63, 3.8) is 0 Å². The van der Waals surface area contributed by atoms with Crippen molar-refractivity contribution in [1.29, 1.82) is 0 Å². The summed E-state index contributed by atoms with van der Waals surface area (Å²) in [6, 6.07) is 11.1. The molecule has 106 valence electrons. The van der Waals surface area contributed by atoms with E-state index in [9.17, 15) is 0 Å². The molecule has 1 unspecified atom stereocenters. The minimum atomic E-state index is 0.448. The Labute approximate surface area is 117 Å². The summed E-state index contributed by atoms with van der Waals surface area (Å²) in [7, 11) is 0. The van der Waals surface area contributed by atoms with Gasteiger partial charge in [-0.05, 0) is 18.4 Å². The second kappa shape index (κ2) is 10.8. The molecule has 1 aromatic rings. The SMILES string of the molecule is C=CCCOCCNC(CCCC)c1ccccc1. The Morgan fingerprint density at radius 3 is 2.74 bits per heavy atom. The van der Waals surface area contributed by atoms with E-state index in [0.717, 1.165) is 26.2 Å². The van der Waals surface area contributed by atoms with Crippen LogP contribution in [0.1, 0.15) is 44.2 Å². The third kappa shape index (κ3) is 7.14.